The second-order valence-electron chi connectivity index (χ2n) is 6.23. The third kappa shape index (κ3) is 5.09. The van der Waals surface area contributed by atoms with Crippen LogP contribution in [0.25, 0.3) is 0 Å². The molecular weight excluding hydrogens is 266 g/mol. The van der Waals surface area contributed by atoms with E-state index >= 15 is 0 Å². The Hall–Kier alpha value is -1.14. The fraction of sp³-hybridized carbons (Fsp3) is 0.588. The highest BCUT2D eigenvalue weighted by molar-refractivity contribution is 8.03. The van der Waals surface area contributed by atoms with Crippen LogP contribution in [0.3, 0.4) is 0 Å². The quantitative estimate of drug-likeness (QED) is 0.707. The normalized spacial score (nSPS) is 12.8. The van der Waals surface area contributed by atoms with Crippen LogP contribution in [0.1, 0.15) is 45.7 Å². The van der Waals surface area contributed by atoms with Gasteiger partial charge in [-0.3, -0.25) is 0 Å². The number of thiocyanates is 1. The van der Waals surface area contributed by atoms with Gasteiger partial charge in [-0.15, -0.1) is 0 Å². The van der Waals surface area contributed by atoms with E-state index in [1.807, 2.05) is 6.92 Å². The van der Waals surface area contributed by atoms with E-state index in [2.05, 4.69) is 51.3 Å². The molecule has 0 aliphatic heterocycles. The summed E-state index contributed by atoms with van der Waals surface area (Å²) >= 11 is 1.34. The molecule has 110 valence electrons. The van der Waals surface area contributed by atoms with Gasteiger partial charge in [0, 0.05) is 5.75 Å². The maximum absolute atomic E-state index is 8.62. The molecule has 1 aromatic carbocycles. The third-order valence-electron chi connectivity index (χ3n) is 3.17. The number of ether oxygens (including phenoxy) is 1. The third-order valence-corrected chi connectivity index (χ3v) is 4.03. The second kappa shape index (κ2) is 7.59. The van der Waals surface area contributed by atoms with Crippen LogP contribution >= 0.6 is 11.8 Å². The summed E-state index contributed by atoms with van der Waals surface area (Å²) < 4.78 is 5.74. The van der Waals surface area contributed by atoms with Crippen molar-refractivity contribution in [3.05, 3.63) is 29.3 Å². The number of benzene rings is 1. The van der Waals surface area contributed by atoms with Crippen LogP contribution in [0.2, 0.25) is 0 Å². The molecule has 0 bridgehead atoms. The largest absolute Gasteiger partial charge is 0.494 e. The van der Waals surface area contributed by atoms with E-state index in [1.54, 1.807) is 0 Å². The van der Waals surface area contributed by atoms with Gasteiger partial charge >= 0.3 is 0 Å². The molecule has 20 heavy (non-hydrogen) atoms. The Morgan fingerprint density at radius 3 is 2.60 bits per heavy atom. The van der Waals surface area contributed by atoms with E-state index in [1.165, 1.54) is 22.9 Å². The van der Waals surface area contributed by atoms with Crippen molar-refractivity contribution in [2.45, 2.75) is 46.5 Å². The molecule has 0 fully saturated rings. The van der Waals surface area contributed by atoms with Crippen LogP contribution in [0.5, 0.6) is 5.75 Å². The number of nitriles is 1. The molecule has 0 amide bonds. The minimum Gasteiger partial charge on any atom is -0.494 e. The molecule has 0 aliphatic rings. The predicted octanol–water partition coefficient (Wildman–Crippen LogP) is 4.78. The zero-order valence-corrected chi connectivity index (χ0v) is 14.0. The molecule has 0 saturated carbocycles. The molecule has 0 heterocycles. The van der Waals surface area contributed by atoms with E-state index in [0.717, 1.165) is 17.9 Å². The summed E-state index contributed by atoms with van der Waals surface area (Å²) in [5.74, 6) is 2.38. The Labute approximate surface area is 127 Å². The Balaban J connectivity index is 2.92. The molecule has 2 nitrogen and oxygen atoms in total. The first-order chi connectivity index (χ1) is 9.38. The average molecular weight is 291 g/mol. The number of rotatable bonds is 6. The van der Waals surface area contributed by atoms with Crippen molar-refractivity contribution < 1.29 is 4.74 Å². The van der Waals surface area contributed by atoms with Crippen molar-refractivity contribution in [3.8, 4) is 11.2 Å². The first kappa shape index (κ1) is 16.9. The van der Waals surface area contributed by atoms with Crippen molar-refractivity contribution in [1.29, 1.82) is 5.26 Å². The van der Waals surface area contributed by atoms with Gasteiger partial charge in [0.15, 0.2) is 0 Å². The van der Waals surface area contributed by atoms with Crippen LogP contribution in [0, 0.1) is 16.6 Å². The van der Waals surface area contributed by atoms with Gasteiger partial charge in [-0.05, 0) is 53.6 Å². The van der Waals surface area contributed by atoms with E-state index in [-0.39, 0.29) is 5.41 Å². The molecule has 1 rings (SSSR count). The van der Waals surface area contributed by atoms with Crippen molar-refractivity contribution in [1.82, 2.24) is 0 Å². The van der Waals surface area contributed by atoms with Crippen molar-refractivity contribution >= 4 is 11.8 Å². The van der Waals surface area contributed by atoms with Crippen LogP contribution in [-0.4, -0.2) is 12.4 Å². The van der Waals surface area contributed by atoms with Crippen molar-refractivity contribution in [2.75, 3.05) is 12.4 Å². The van der Waals surface area contributed by atoms with Gasteiger partial charge in [0.25, 0.3) is 0 Å². The topological polar surface area (TPSA) is 33.0 Å². The van der Waals surface area contributed by atoms with E-state index < -0.39 is 0 Å². The number of hydrogen-bond acceptors (Lipinski definition) is 3. The van der Waals surface area contributed by atoms with Crippen LogP contribution < -0.4 is 4.74 Å². The van der Waals surface area contributed by atoms with Gasteiger partial charge in [0.1, 0.15) is 11.2 Å². The van der Waals surface area contributed by atoms with Crippen LogP contribution in [0.15, 0.2) is 18.2 Å². The second-order valence-corrected chi connectivity index (χ2v) is 7.03. The standard InChI is InChI=1S/C17H25NOS/c1-6-19-16-8-7-14(9-13(2)11-20-12-18)10-15(16)17(3,4)5/h7-8,10,13H,6,9,11H2,1-5H3. The molecule has 0 N–H and O–H groups in total. The zero-order valence-electron chi connectivity index (χ0n) is 13.2. The highest BCUT2D eigenvalue weighted by Gasteiger charge is 2.19. The van der Waals surface area contributed by atoms with E-state index in [4.69, 9.17) is 10.00 Å². The molecule has 3 heteroatoms. The summed E-state index contributed by atoms with van der Waals surface area (Å²) in [6, 6.07) is 6.50. The van der Waals surface area contributed by atoms with Gasteiger partial charge in [-0.25, -0.2) is 0 Å². The van der Waals surface area contributed by atoms with Gasteiger partial charge in [-0.2, -0.15) is 5.26 Å². The summed E-state index contributed by atoms with van der Waals surface area (Å²) in [6.45, 7) is 11.5. The van der Waals surface area contributed by atoms with Gasteiger partial charge in [-0.1, -0.05) is 39.8 Å². The minimum atomic E-state index is 0.0746. The molecule has 0 spiro atoms. The molecule has 0 saturated heterocycles. The van der Waals surface area contributed by atoms with E-state index in [9.17, 15) is 0 Å². The lowest BCUT2D eigenvalue weighted by Gasteiger charge is -2.24. The Morgan fingerprint density at radius 2 is 2.05 bits per heavy atom. The molecular formula is C17H25NOS. The lowest BCUT2D eigenvalue weighted by molar-refractivity contribution is 0.329. The van der Waals surface area contributed by atoms with Crippen molar-refractivity contribution in [3.63, 3.8) is 0 Å². The number of thioether (sulfide) groups is 1. The summed E-state index contributed by atoms with van der Waals surface area (Å²) in [7, 11) is 0. The maximum atomic E-state index is 8.62. The van der Waals surface area contributed by atoms with Gasteiger partial charge in [0.2, 0.25) is 0 Å². The highest BCUT2D eigenvalue weighted by atomic mass is 32.2. The molecule has 0 aromatic heterocycles. The Kier molecular flexibility index (Phi) is 6.42. The van der Waals surface area contributed by atoms with Gasteiger partial charge < -0.3 is 4.74 Å². The minimum absolute atomic E-state index is 0.0746. The summed E-state index contributed by atoms with van der Waals surface area (Å²) in [5, 5.41) is 10.8. The van der Waals surface area contributed by atoms with Crippen LogP contribution in [-0.2, 0) is 11.8 Å². The van der Waals surface area contributed by atoms with Gasteiger partial charge in [0.05, 0.1) is 6.61 Å². The lowest BCUT2D eigenvalue weighted by Crippen LogP contribution is -2.14. The maximum Gasteiger partial charge on any atom is 0.133 e. The molecule has 0 radical (unpaired) electrons. The SMILES string of the molecule is CCOc1ccc(CC(C)CSC#N)cc1C(C)(C)C. The number of hydrogen-bond donors (Lipinski definition) is 0. The predicted molar refractivity (Wildman–Crippen MR) is 87.3 cm³/mol. The lowest BCUT2D eigenvalue weighted by atomic mass is 9.84. The number of nitrogens with zero attached hydrogens (tertiary/aromatic N) is 1. The fourth-order valence-electron chi connectivity index (χ4n) is 2.21. The smallest absolute Gasteiger partial charge is 0.133 e. The zero-order chi connectivity index (χ0) is 15.2. The van der Waals surface area contributed by atoms with Crippen molar-refractivity contribution in [2.24, 2.45) is 5.92 Å². The first-order valence-corrected chi connectivity index (χ1v) is 8.14. The Morgan fingerprint density at radius 1 is 1.35 bits per heavy atom. The van der Waals surface area contributed by atoms with E-state index in [0.29, 0.717) is 12.5 Å². The summed E-state index contributed by atoms with van der Waals surface area (Å²) in [4.78, 5) is 0. The molecule has 1 unspecified atom stereocenters. The summed E-state index contributed by atoms with van der Waals surface area (Å²) in [5.41, 5.74) is 2.66. The summed E-state index contributed by atoms with van der Waals surface area (Å²) in [6.07, 6.45) is 1.00. The highest BCUT2D eigenvalue weighted by Crippen LogP contribution is 2.33. The molecule has 1 atom stereocenters. The monoisotopic (exact) mass is 291 g/mol. The first-order valence-electron chi connectivity index (χ1n) is 7.15. The van der Waals surface area contributed by atoms with Crippen LogP contribution in [0.4, 0.5) is 0 Å². The molecule has 0 aliphatic carbocycles. The Bertz CT molecular complexity index is 471. The fourth-order valence-corrected chi connectivity index (χ4v) is 2.69. The average Bonchev–Trinajstić information content (AvgIpc) is 2.37. The molecule has 1 aromatic rings.